The van der Waals surface area contributed by atoms with Gasteiger partial charge in [0.1, 0.15) is 23.0 Å². The number of nitrogens with zero attached hydrogens (tertiary/aromatic N) is 2. The van der Waals surface area contributed by atoms with E-state index in [0.29, 0.717) is 19.4 Å². The zero-order chi connectivity index (χ0) is 24.0. The average Bonchev–Trinajstić information content (AvgIpc) is 2.97. The average molecular weight is 448 g/mol. The van der Waals surface area contributed by atoms with Crippen LogP contribution < -0.4 is 5.32 Å². The number of amides is 3. The number of rotatable bonds is 6. The molecule has 31 heavy (non-hydrogen) atoms. The molecule has 0 spiro atoms. The van der Waals surface area contributed by atoms with E-state index in [1.165, 1.54) is 0 Å². The summed E-state index contributed by atoms with van der Waals surface area (Å²) in [6, 6.07) is 0. The van der Waals surface area contributed by atoms with E-state index in [4.69, 9.17) is 14.2 Å². The SMILES string of the molecule is CC(C)(C)OC(=O)N(C(=O)OC(C)(C)C)C1CCCN1CNC(=O)OC(C)(C)CCF. The molecule has 10 heteroatoms. The molecule has 1 saturated heterocycles. The van der Waals surface area contributed by atoms with Crippen LogP contribution in [-0.2, 0) is 14.2 Å². The van der Waals surface area contributed by atoms with E-state index in [2.05, 4.69) is 5.32 Å². The Bertz CT molecular complexity index is 614. The Hall–Kier alpha value is -2.10. The van der Waals surface area contributed by atoms with Gasteiger partial charge in [0.15, 0.2) is 0 Å². The second kappa shape index (κ2) is 10.5. The standard InChI is InChI=1S/C21H38FN3O6/c1-19(2,3)30-17(27)25(18(28)31-20(4,5)6)15-10-9-13-24(15)14-23-16(26)29-21(7,8)11-12-22/h15H,9-14H2,1-8H3,(H,23,26). The highest BCUT2D eigenvalue weighted by Crippen LogP contribution is 2.25. The number of alkyl carbamates (subject to hydrolysis) is 1. The van der Waals surface area contributed by atoms with Crippen molar-refractivity contribution in [1.29, 1.82) is 0 Å². The zero-order valence-electron chi connectivity index (χ0n) is 20.0. The molecule has 1 rings (SSSR count). The number of ether oxygens (including phenoxy) is 3. The van der Waals surface area contributed by atoms with Crippen LogP contribution in [0.3, 0.4) is 0 Å². The Labute approximate surface area is 184 Å². The van der Waals surface area contributed by atoms with Gasteiger partial charge in [0, 0.05) is 13.0 Å². The fourth-order valence-electron chi connectivity index (χ4n) is 2.96. The minimum atomic E-state index is -0.942. The first-order valence-corrected chi connectivity index (χ1v) is 10.6. The molecule has 0 aromatic carbocycles. The zero-order valence-corrected chi connectivity index (χ0v) is 20.0. The number of hydrogen-bond donors (Lipinski definition) is 1. The lowest BCUT2D eigenvalue weighted by molar-refractivity contribution is -0.0243. The van der Waals surface area contributed by atoms with E-state index in [0.717, 1.165) is 4.90 Å². The molecular formula is C21H38FN3O6. The van der Waals surface area contributed by atoms with E-state index in [9.17, 15) is 18.8 Å². The van der Waals surface area contributed by atoms with Crippen LogP contribution >= 0.6 is 0 Å². The summed E-state index contributed by atoms with van der Waals surface area (Å²) < 4.78 is 28.7. The van der Waals surface area contributed by atoms with Gasteiger partial charge in [-0.05, 0) is 68.2 Å². The van der Waals surface area contributed by atoms with Crippen molar-refractivity contribution in [2.24, 2.45) is 0 Å². The number of carbonyl (C=O) groups excluding carboxylic acids is 3. The Morgan fingerprint density at radius 1 is 0.968 bits per heavy atom. The van der Waals surface area contributed by atoms with Crippen LogP contribution in [0.2, 0.25) is 0 Å². The summed E-state index contributed by atoms with van der Waals surface area (Å²) in [6.07, 6.45) is -1.69. The van der Waals surface area contributed by atoms with Gasteiger partial charge in [-0.15, -0.1) is 0 Å². The van der Waals surface area contributed by atoms with E-state index in [-0.39, 0.29) is 13.1 Å². The maximum absolute atomic E-state index is 12.8. The molecule has 1 N–H and O–H groups in total. The molecule has 9 nitrogen and oxygen atoms in total. The fourth-order valence-corrected chi connectivity index (χ4v) is 2.96. The number of nitrogens with one attached hydrogen (secondary N) is 1. The lowest BCUT2D eigenvalue weighted by Gasteiger charge is -2.35. The second-order valence-corrected chi connectivity index (χ2v) is 10.2. The van der Waals surface area contributed by atoms with Crippen molar-refractivity contribution in [3.8, 4) is 0 Å². The lowest BCUT2D eigenvalue weighted by atomic mass is 10.1. The number of imide groups is 1. The third kappa shape index (κ3) is 9.71. The van der Waals surface area contributed by atoms with Crippen molar-refractivity contribution in [2.45, 2.75) is 97.6 Å². The molecular weight excluding hydrogens is 409 g/mol. The minimum Gasteiger partial charge on any atom is -0.443 e. The number of alkyl halides is 1. The monoisotopic (exact) mass is 447 g/mol. The molecule has 1 unspecified atom stereocenters. The normalized spacial score (nSPS) is 17.8. The number of halogens is 1. The van der Waals surface area contributed by atoms with Gasteiger partial charge >= 0.3 is 18.3 Å². The van der Waals surface area contributed by atoms with Gasteiger partial charge in [0.25, 0.3) is 0 Å². The summed E-state index contributed by atoms with van der Waals surface area (Å²) in [6.45, 7) is 13.5. The molecule has 1 aliphatic rings. The van der Waals surface area contributed by atoms with Crippen molar-refractivity contribution < 1.29 is 33.0 Å². The summed E-state index contributed by atoms with van der Waals surface area (Å²) in [5.41, 5.74) is -2.54. The van der Waals surface area contributed by atoms with Crippen LogP contribution in [0.4, 0.5) is 18.8 Å². The van der Waals surface area contributed by atoms with Gasteiger partial charge in [0.2, 0.25) is 0 Å². The first-order chi connectivity index (χ1) is 14.0. The quantitative estimate of drug-likeness (QED) is 0.603. The number of carbonyl (C=O) groups is 3. The largest absolute Gasteiger partial charge is 0.443 e. The topological polar surface area (TPSA) is 97.4 Å². The van der Waals surface area contributed by atoms with Crippen LogP contribution in [0.5, 0.6) is 0 Å². The summed E-state index contributed by atoms with van der Waals surface area (Å²) in [4.78, 5) is 40.5. The van der Waals surface area contributed by atoms with Crippen LogP contribution in [0.15, 0.2) is 0 Å². The van der Waals surface area contributed by atoms with Crippen LogP contribution in [0.1, 0.15) is 74.7 Å². The van der Waals surface area contributed by atoms with Crippen LogP contribution in [0, 0.1) is 0 Å². The molecule has 1 atom stereocenters. The van der Waals surface area contributed by atoms with Crippen molar-refractivity contribution in [2.75, 3.05) is 19.9 Å². The van der Waals surface area contributed by atoms with E-state index < -0.39 is 47.9 Å². The van der Waals surface area contributed by atoms with Crippen molar-refractivity contribution in [3.05, 3.63) is 0 Å². The predicted molar refractivity (Wildman–Crippen MR) is 113 cm³/mol. The van der Waals surface area contributed by atoms with Gasteiger partial charge < -0.3 is 19.5 Å². The van der Waals surface area contributed by atoms with Crippen molar-refractivity contribution >= 4 is 18.3 Å². The van der Waals surface area contributed by atoms with E-state index in [1.54, 1.807) is 60.3 Å². The first kappa shape index (κ1) is 26.9. The maximum Gasteiger partial charge on any atom is 0.421 e. The fraction of sp³-hybridized carbons (Fsp3) is 0.857. The Kier molecular flexibility index (Phi) is 9.10. The molecule has 1 fully saturated rings. The highest BCUT2D eigenvalue weighted by atomic mass is 19.1. The highest BCUT2D eigenvalue weighted by Gasteiger charge is 2.41. The predicted octanol–water partition coefficient (Wildman–Crippen LogP) is 4.40. The molecule has 180 valence electrons. The van der Waals surface area contributed by atoms with Gasteiger partial charge in [-0.2, -0.15) is 4.90 Å². The molecule has 0 aliphatic carbocycles. The first-order valence-electron chi connectivity index (χ1n) is 10.6. The van der Waals surface area contributed by atoms with Crippen molar-refractivity contribution in [3.63, 3.8) is 0 Å². The third-order valence-corrected chi connectivity index (χ3v) is 4.30. The van der Waals surface area contributed by atoms with Gasteiger partial charge in [-0.1, -0.05) is 0 Å². The summed E-state index contributed by atoms with van der Waals surface area (Å²) in [5, 5.41) is 2.61. The second-order valence-electron chi connectivity index (χ2n) is 10.2. The molecule has 3 amide bonds. The smallest absolute Gasteiger partial charge is 0.421 e. The lowest BCUT2D eigenvalue weighted by Crippen LogP contribution is -2.55. The Morgan fingerprint density at radius 2 is 1.48 bits per heavy atom. The molecule has 0 bridgehead atoms. The Balaban J connectivity index is 2.92. The summed E-state index contributed by atoms with van der Waals surface area (Å²) in [7, 11) is 0. The molecule has 1 heterocycles. The molecule has 0 aromatic rings. The van der Waals surface area contributed by atoms with Crippen LogP contribution in [-0.4, -0.2) is 70.9 Å². The maximum atomic E-state index is 12.8. The van der Waals surface area contributed by atoms with Gasteiger partial charge in [-0.3, -0.25) is 9.29 Å². The highest BCUT2D eigenvalue weighted by molar-refractivity contribution is 5.88. The molecule has 0 aromatic heterocycles. The van der Waals surface area contributed by atoms with E-state index in [1.807, 2.05) is 0 Å². The summed E-state index contributed by atoms with van der Waals surface area (Å²) >= 11 is 0. The molecule has 0 saturated carbocycles. The van der Waals surface area contributed by atoms with Gasteiger partial charge in [0.05, 0.1) is 13.3 Å². The van der Waals surface area contributed by atoms with Crippen LogP contribution in [0.25, 0.3) is 0 Å². The summed E-state index contributed by atoms with van der Waals surface area (Å²) in [5.74, 6) is 0. The molecule has 0 radical (unpaired) electrons. The van der Waals surface area contributed by atoms with Crippen molar-refractivity contribution in [1.82, 2.24) is 15.1 Å². The minimum absolute atomic E-state index is 0.0390. The Morgan fingerprint density at radius 3 is 1.94 bits per heavy atom. The van der Waals surface area contributed by atoms with E-state index >= 15 is 0 Å². The number of likely N-dealkylation sites (tertiary alicyclic amines) is 1. The van der Waals surface area contributed by atoms with Gasteiger partial charge in [-0.25, -0.2) is 14.4 Å². The third-order valence-electron chi connectivity index (χ3n) is 4.30. The molecule has 1 aliphatic heterocycles. The number of hydrogen-bond acceptors (Lipinski definition) is 7.